The van der Waals surface area contributed by atoms with Crippen LogP contribution in [0.4, 0.5) is 0 Å². The third-order valence-corrected chi connectivity index (χ3v) is 3.44. The first-order chi connectivity index (χ1) is 14.0. The summed E-state index contributed by atoms with van der Waals surface area (Å²) in [6, 6.07) is 7.94. The first-order valence-electron chi connectivity index (χ1n) is 9.10. The summed E-state index contributed by atoms with van der Waals surface area (Å²) >= 11 is 0. The van der Waals surface area contributed by atoms with Crippen LogP contribution in [0.15, 0.2) is 35.1 Å². The van der Waals surface area contributed by atoms with Gasteiger partial charge in [-0.25, -0.2) is 14.6 Å². The van der Waals surface area contributed by atoms with E-state index in [1.165, 1.54) is 19.2 Å². The van der Waals surface area contributed by atoms with E-state index in [0.29, 0.717) is 6.29 Å². The van der Waals surface area contributed by atoms with E-state index in [1.807, 2.05) is 13.8 Å². The van der Waals surface area contributed by atoms with Crippen LogP contribution in [0.3, 0.4) is 0 Å². The molecule has 0 saturated heterocycles. The van der Waals surface area contributed by atoms with Crippen molar-refractivity contribution in [2.75, 3.05) is 13.7 Å². The quantitative estimate of drug-likeness (QED) is 0.304. The molecule has 0 saturated carbocycles. The number of carbonyl (C=O) groups excluding carboxylic acids is 3. The Labute approximate surface area is 217 Å². The number of hydrogen-bond donors (Lipinski definition) is 0. The summed E-state index contributed by atoms with van der Waals surface area (Å²) in [7, 11) is 1.49. The maximum Gasteiger partial charge on any atom is 1.00 e. The molecule has 0 amide bonds. The molecule has 0 aliphatic heterocycles. The normalized spacial score (nSPS) is 9.47. The van der Waals surface area contributed by atoms with E-state index in [-0.39, 0.29) is 82.5 Å². The largest absolute Gasteiger partial charge is 1.00 e. The van der Waals surface area contributed by atoms with Gasteiger partial charge in [-0.15, -0.1) is 0 Å². The topological polar surface area (TPSA) is 119 Å². The van der Waals surface area contributed by atoms with Crippen LogP contribution in [0.5, 0.6) is 5.75 Å². The third kappa shape index (κ3) is 7.53. The van der Waals surface area contributed by atoms with Gasteiger partial charge < -0.3 is 19.6 Å². The van der Waals surface area contributed by atoms with Gasteiger partial charge >= 0.3 is 63.3 Å². The SMILES string of the molecule is CC.CCOC(=O)c1nc(C[N-]C)n(CC=O)c(=O)c1OC(=O)c1ccccc1.[K+]. The van der Waals surface area contributed by atoms with E-state index in [1.54, 1.807) is 25.1 Å². The number of benzene rings is 1. The average molecular weight is 442 g/mol. The van der Waals surface area contributed by atoms with Gasteiger partial charge in [-0.3, -0.25) is 9.36 Å². The monoisotopic (exact) mass is 441 g/mol. The summed E-state index contributed by atoms with van der Waals surface area (Å²) in [5, 5.41) is 3.88. The summed E-state index contributed by atoms with van der Waals surface area (Å²) in [5.41, 5.74) is -1.10. The Morgan fingerprint density at radius 1 is 1.17 bits per heavy atom. The average Bonchev–Trinajstić information content (AvgIpc) is 2.74. The maximum absolute atomic E-state index is 12.8. The predicted molar refractivity (Wildman–Crippen MR) is 106 cm³/mol. The molecule has 1 heterocycles. The zero-order chi connectivity index (χ0) is 21.8. The van der Waals surface area contributed by atoms with E-state index < -0.39 is 28.9 Å². The van der Waals surface area contributed by atoms with E-state index in [4.69, 9.17) is 9.47 Å². The van der Waals surface area contributed by atoms with Crippen LogP contribution in [0.25, 0.3) is 5.32 Å². The molecule has 30 heavy (non-hydrogen) atoms. The maximum atomic E-state index is 12.8. The smallest absolute Gasteiger partial charge is 0.659 e. The second-order valence-corrected chi connectivity index (χ2v) is 5.24. The Hall–Kier alpha value is -1.69. The van der Waals surface area contributed by atoms with Crippen molar-refractivity contribution in [2.24, 2.45) is 0 Å². The Morgan fingerprint density at radius 2 is 1.80 bits per heavy atom. The fourth-order valence-electron chi connectivity index (χ4n) is 2.26. The first-order valence-corrected chi connectivity index (χ1v) is 9.10. The van der Waals surface area contributed by atoms with Crippen molar-refractivity contribution in [1.29, 1.82) is 0 Å². The zero-order valence-electron chi connectivity index (χ0n) is 17.9. The number of ether oxygens (including phenoxy) is 2. The van der Waals surface area contributed by atoms with Crippen molar-refractivity contribution in [3.05, 3.63) is 63.1 Å². The van der Waals surface area contributed by atoms with Crippen molar-refractivity contribution in [1.82, 2.24) is 9.55 Å². The van der Waals surface area contributed by atoms with Crippen molar-refractivity contribution in [3.63, 3.8) is 0 Å². The van der Waals surface area contributed by atoms with Gasteiger partial charge in [0.05, 0.1) is 24.5 Å². The molecule has 0 unspecified atom stereocenters. The van der Waals surface area contributed by atoms with Crippen molar-refractivity contribution in [2.45, 2.75) is 33.9 Å². The van der Waals surface area contributed by atoms with Crippen LogP contribution >= 0.6 is 0 Å². The number of esters is 2. The zero-order valence-corrected chi connectivity index (χ0v) is 21.0. The number of aldehydes is 1. The second-order valence-electron chi connectivity index (χ2n) is 5.24. The molecule has 0 aliphatic carbocycles. The fourth-order valence-corrected chi connectivity index (χ4v) is 2.26. The Bertz CT molecular complexity index is 899. The van der Waals surface area contributed by atoms with Gasteiger partial charge in [0.25, 0.3) is 5.56 Å². The molecular formula is C20H24KN3O6. The predicted octanol–water partition coefficient (Wildman–Crippen LogP) is -0.628. The fraction of sp³-hybridized carbons (Fsp3) is 0.350. The molecule has 0 fully saturated rings. The van der Waals surface area contributed by atoms with Crippen LogP contribution in [-0.2, 0) is 22.6 Å². The second kappa shape index (κ2) is 15.2. The van der Waals surface area contributed by atoms with Crippen LogP contribution < -0.4 is 61.7 Å². The van der Waals surface area contributed by atoms with Gasteiger partial charge in [0.15, 0.2) is 5.69 Å². The van der Waals surface area contributed by atoms with Gasteiger partial charge in [0.2, 0.25) is 5.75 Å². The minimum Gasteiger partial charge on any atom is -0.659 e. The van der Waals surface area contributed by atoms with Crippen LogP contribution in [0.2, 0.25) is 0 Å². The number of carbonyl (C=O) groups is 3. The number of aromatic nitrogens is 2. The minimum absolute atomic E-state index is 0. The molecule has 0 N–H and O–H groups in total. The molecule has 10 heteroatoms. The summed E-state index contributed by atoms with van der Waals surface area (Å²) in [4.78, 5) is 52.4. The van der Waals surface area contributed by atoms with E-state index in [2.05, 4.69) is 10.3 Å². The molecule has 0 radical (unpaired) electrons. The number of rotatable bonds is 8. The van der Waals surface area contributed by atoms with E-state index in [0.717, 1.165) is 4.57 Å². The molecule has 0 bridgehead atoms. The molecule has 0 spiro atoms. The summed E-state index contributed by atoms with van der Waals surface area (Å²) < 4.78 is 11.1. The van der Waals surface area contributed by atoms with Crippen molar-refractivity contribution >= 4 is 18.2 Å². The molecule has 1 aromatic carbocycles. The van der Waals surface area contributed by atoms with E-state index in [9.17, 15) is 19.2 Å². The van der Waals surface area contributed by atoms with Crippen molar-refractivity contribution in [3.8, 4) is 5.75 Å². The van der Waals surface area contributed by atoms with Crippen LogP contribution in [-0.4, -0.2) is 41.4 Å². The van der Waals surface area contributed by atoms with Crippen LogP contribution in [0, 0.1) is 0 Å². The van der Waals surface area contributed by atoms with Gasteiger partial charge in [-0.1, -0.05) is 38.6 Å². The van der Waals surface area contributed by atoms with Gasteiger partial charge in [-0.2, -0.15) is 7.05 Å². The Balaban J connectivity index is 0.00000272. The molecule has 2 rings (SSSR count). The molecule has 9 nitrogen and oxygen atoms in total. The van der Waals surface area contributed by atoms with Gasteiger partial charge in [0, 0.05) is 0 Å². The molecule has 1 aromatic heterocycles. The summed E-state index contributed by atoms with van der Waals surface area (Å²) in [5.74, 6) is -2.27. The number of nitrogens with zero attached hydrogens (tertiary/aromatic N) is 3. The standard InChI is InChI=1S/C18H18N3O6.C2H6.K/c1-3-26-18(25)14-15(27-17(24)12-7-5-4-6-8-12)16(23)21(9-10-22)13(20-14)11-19-2;1-2;/h4-8,10H,3,9,11H2,1-2H3;1-2H3;/q-1;;+1. The molecule has 2 aromatic rings. The van der Waals surface area contributed by atoms with E-state index >= 15 is 0 Å². The van der Waals surface area contributed by atoms with Crippen LogP contribution in [0.1, 0.15) is 47.4 Å². The summed E-state index contributed by atoms with van der Waals surface area (Å²) in [6.07, 6.45) is 0.495. The van der Waals surface area contributed by atoms with Gasteiger partial charge in [0.1, 0.15) is 6.29 Å². The van der Waals surface area contributed by atoms with Gasteiger partial charge in [-0.05, 0) is 19.1 Å². The first kappa shape index (κ1) is 28.3. The Kier molecular flexibility index (Phi) is 14.3. The molecule has 156 valence electrons. The van der Waals surface area contributed by atoms with Crippen molar-refractivity contribution < 1.29 is 75.2 Å². The molecular weight excluding hydrogens is 417 g/mol. The molecule has 0 aliphatic rings. The summed E-state index contributed by atoms with van der Waals surface area (Å²) in [6.45, 7) is 5.29. The molecule has 0 atom stereocenters. The number of hydrogen-bond acceptors (Lipinski definition) is 7. The third-order valence-electron chi connectivity index (χ3n) is 3.44. The minimum atomic E-state index is -0.916. The Morgan fingerprint density at radius 3 is 2.33 bits per heavy atom.